The van der Waals surface area contributed by atoms with Gasteiger partial charge in [0.1, 0.15) is 0 Å². The summed E-state index contributed by atoms with van der Waals surface area (Å²) < 4.78 is 0. The van der Waals surface area contributed by atoms with Crippen LogP contribution in [0, 0.1) is 0 Å². The zero-order chi connectivity index (χ0) is 11.4. The van der Waals surface area contributed by atoms with E-state index < -0.39 is 0 Å². The zero-order valence-electron chi connectivity index (χ0n) is 9.85. The molecule has 0 aliphatic carbocycles. The van der Waals surface area contributed by atoms with Crippen molar-refractivity contribution >= 4 is 5.69 Å². The summed E-state index contributed by atoms with van der Waals surface area (Å²) in [7, 11) is 2.11. The summed E-state index contributed by atoms with van der Waals surface area (Å²) in [5.41, 5.74) is 3.81. The SMILES string of the molecule is CCN(C)c1ccc(-c2ccccc2)cc1. The lowest BCUT2D eigenvalue weighted by molar-refractivity contribution is 0.968. The zero-order valence-corrected chi connectivity index (χ0v) is 9.85. The van der Waals surface area contributed by atoms with Gasteiger partial charge in [-0.15, -0.1) is 0 Å². The molecule has 0 N–H and O–H groups in total. The predicted octanol–water partition coefficient (Wildman–Crippen LogP) is 3.81. The van der Waals surface area contributed by atoms with Crippen molar-refractivity contribution in [2.24, 2.45) is 0 Å². The number of hydrogen-bond donors (Lipinski definition) is 0. The first-order valence-corrected chi connectivity index (χ1v) is 5.68. The molecule has 1 heteroatoms. The molecule has 0 heterocycles. The van der Waals surface area contributed by atoms with E-state index in [-0.39, 0.29) is 0 Å². The quantitative estimate of drug-likeness (QED) is 0.746. The molecule has 0 radical (unpaired) electrons. The van der Waals surface area contributed by atoms with E-state index in [2.05, 4.69) is 67.4 Å². The first kappa shape index (κ1) is 10.7. The molecule has 0 bridgehead atoms. The van der Waals surface area contributed by atoms with Gasteiger partial charge in [0.25, 0.3) is 0 Å². The molecular weight excluding hydrogens is 194 g/mol. The molecular formula is C15H17N. The number of rotatable bonds is 3. The van der Waals surface area contributed by atoms with Crippen LogP contribution in [-0.4, -0.2) is 13.6 Å². The van der Waals surface area contributed by atoms with Crippen LogP contribution < -0.4 is 4.90 Å². The van der Waals surface area contributed by atoms with Crippen LogP contribution in [-0.2, 0) is 0 Å². The van der Waals surface area contributed by atoms with Gasteiger partial charge in [-0.25, -0.2) is 0 Å². The average molecular weight is 211 g/mol. The van der Waals surface area contributed by atoms with Crippen LogP contribution in [0.25, 0.3) is 11.1 Å². The number of anilines is 1. The van der Waals surface area contributed by atoms with Crippen LogP contribution in [0.5, 0.6) is 0 Å². The van der Waals surface area contributed by atoms with E-state index in [4.69, 9.17) is 0 Å². The van der Waals surface area contributed by atoms with Gasteiger partial charge in [-0.05, 0) is 30.2 Å². The summed E-state index contributed by atoms with van der Waals surface area (Å²) >= 11 is 0. The molecule has 0 amide bonds. The van der Waals surface area contributed by atoms with E-state index in [9.17, 15) is 0 Å². The molecule has 0 aromatic heterocycles. The third-order valence-corrected chi connectivity index (χ3v) is 2.89. The van der Waals surface area contributed by atoms with E-state index >= 15 is 0 Å². The number of nitrogens with zero attached hydrogens (tertiary/aromatic N) is 1. The standard InChI is InChI=1S/C15H17N/c1-3-16(2)15-11-9-14(10-12-15)13-7-5-4-6-8-13/h4-12H,3H2,1-2H3. The van der Waals surface area contributed by atoms with Crippen LogP contribution in [0.4, 0.5) is 5.69 Å². The fourth-order valence-corrected chi connectivity index (χ4v) is 1.72. The molecule has 1 nitrogen and oxygen atoms in total. The fourth-order valence-electron chi connectivity index (χ4n) is 1.72. The van der Waals surface area contributed by atoms with Gasteiger partial charge in [-0.2, -0.15) is 0 Å². The second kappa shape index (κ2) is 4.84. The Morgan fingerprint density at radius 3 is 1.94 bits per heavy atom. The molecule has 2 rings (SSSR count). The normalized spacial score (nSPS) is 10.1. The van der Waals surface area contributed by atoms with Crippen LogP contribution in [0.1, 0.15) is 6.92 Å². The molecule has 2 aromatic rings. The van der Waals surface area contributed by atoms with Crippen molar-refractivity contribution in [3.8, 4) is 11.1 Å². The average Bonchev–Trinajstić information content (AvgIpc) is 2.39. The summed E-state index contributed by atoms with van der Waals surface area (Å²) in [6.45, 7) is 3.19. The predicted molar refractivity (Wildman–Crippen MR) is 70.8 cm³/mol. The Bertz CT molecular complexity index is 431. The molecule has 16 heavy (non-hydrogen) atoms. The van der Waals surface area contributed by atoms with Crippen molar-refractivity contribution in [2.75, 3.05) is 18.5 Å². The number of hydrogen-bond acceptors (Lipinski definition) is 1. The molecule has 0 saturated heterocycles. The van der Waals surface area contributed by atoms with Gasteiger partial charge in [0.2, 0.25) is 0 Å². The second-order valence-corrected chi connectivity index (χ2v) is 3.93. The Balaban J connectivity index is 2.26. The third-order valence-electron chi connectivity index (χ3n) is 2.89. The smallest absolute Gasteiger partial charge is 0.0363 e. The Morgan fingerprint density at radius 1 is 0.812 bits per heavy atom. The number of benzene rings is 2. The van der Waals surface area contributed by atoms with Crippen molar-refractivity contribution < 1.29 is 0 Å². The van der Waals surface area contributed by atoms with Crippen LogP contribution in [0.15, 0.2) is 54.6 Å². The van der Waals surface area contributed by atoms with Crippen molar-refractivity contribution in [3.05, 3.63) is 54.6 Å². The maximum absolute atomic E-state index is 2.23. The minimum atomic E-state index is 1.03. The fraction of sp³-hybridized carbons (Fsp3) is 0.200. The van der Waals surface area contributed by atoms with Gasteiger partial charge in [-0.3, -0.25) is 0 Å². The summed E-state index contributed by atoms with van der Waals surface area (Å²) in [4.78, 5) is 2.23. The minimum Gasteiger partial charge on any atom is -0.375 e. The van der Waals surface area contributed by atoms with E-state index in [0.29, 0.717) is 0 Å². The highest BCUT2D eigenvalue weighted by molar-refractivity contribution is 5.66. The maximum atomic E-state index is 2.23. The molecule has 0 spiro atoms. The maximum Gasteiger partial charge on any atom is 0.0363 e. The third kappa shape index (κ3) is 2.25. The Morgan fingerprint density at radius 2 is 1.38 bits per heavy atom. The van der Waals surface area contributed by atoms with E-state index in [0.717, 1.165) is 6.54 Å². The molecule has 0 atom stereocenters. The largest absolute Gasteiger partial charge is 0.375 e. The molecule has 0 unspecified atom stereocenters. The first-order valence-electron chi connectivity index (χ1n) is 5.68. The Hall–Kier alpha value is -1.76. The highest BCUT2D eigenvalue weighted by Crippen LogP contribution is 2.22. The van der Waals surface area contributed by atoms with Crippen molar-refractivity contribution in [1.29, 1.82) is 0 Å². The molecule has 0 aliphatic rings. The van der Waals surface area contributed by atoms with Crippen LogP contribution in [0.3, 0.4) is 0 Å². The van der Waals surface area contributed by atoms with Gasteiger partial charge < -0.3 is 4.90 Å². The minimum absolute atomic E-state index is 1.03. The van der Waals surface area contributed by atoms with E-state index in [1.807, 2.05) is 6.07 Å². The summed E-state index contributed by atoms with van der Waals surface area (Å²) in [5.74, 6) is 0. The van der Waals surface area contributed by atoms with Gasteiger partial charge in [0.05, 0.1) is 0 Å². The summed E-state index contributed by atoms with van der Waals surface area (Å²) in [6.07, 6.45) is 0. The van der Waals surface area contributed by atoms with E-state index in [1.165, 1.54) is 16.8 Å². The molecule has 82 valence electrons. The van der Waals surface area contributed by atoms with Crippen molar-refractivity contribution in [2.45, 2.75) is 6.92 Å². The van der Waals surface area contributed by atoms with E-state index in [1.54, 1.807) is 0 Å². The van der Waals surface area contributed by atoms with Gasteiger partial charge in [-0.1, -0.05) is 42.5 Å². The topological polar surface area (TPSA) is 3.24 Å². The second-order valence-electron chi connectivity index (χ2n) is 3.93. The van der Waals surface area contributed by atoms with Gasteiger partial charge in [0, 0.05) is 19.3 Å². The van der Waals surface area contributed by atoms with Gasteiger partial charge >= 0.3 is 0 Å². The van der Waals surface area contributed by atoms with Crippen molar-refractivity contribution in [3.63, 3.8) is 0 Å². The Labute approximate surface area is 97.3 Å². The highest BCUT2D eigenvalue weighted by atomic mass is 15.1. The molecule has 0 aliphatic heterocycles. The first-order chi connectivity index (χ1) is 7.81. The monoisotopic (exact) mass is 211 g/mol. The lowest BCUT2D eigenvalue weighted by atomic mass is 10.1. The van der Waals surface area contributed by atoms with Crippen LogP contribution >= 0.6 is 0 Å². The summed E-state index contributed by atoms with van der Waals surface area (Å²) in [6, 6.07) is 19.2. The molecule has 0 saturated carbocycles. The van der Waals surface area contributed by atoms with Crippen molar-refractivity contribution in [1.82, 2.24) is 0 Å². The highest BCUT2D eigenvalue weighted by Gasteiger charge is 1.99. The molecule has 0 fully saturated rings. The Kier molecular flexibility index (Phi) is 3.25. The molecule has 2 aromatic carbocycles. The van der Waals surface area contributed by atoms with Gasteiger partial charge in [0.15, 0.2) is 0 Å². The lowest BCUT2D eigenvalue weighted by Gasteiger charge is -2.16. The van der Waals surface area contributed by atoms with Crippen LogP contribution in [0.2, 0.25) is 0 Å². The summed E-state index contributed by atoms with van der Waals surface area (Å²) in [5, 5.41) is 0. The lowest BCUT2D eigenvalue weighted by Crippen LogP contribution is -2.15.